The molecule has 132 valence electrons. The smallest absolute Gasteiger partial charge is 0.319 e. The summed E-state index contributed by atoms with van der Waals surface area (Å²) in [5.74, 6) is -0.295. The van der Waals surface area contributed by atoms with Crippen LogP contribution in [-0.2, 0) is 0 Å². The van der Waals surface area contributed by atoms with E-state index in [1.54, 1.807) is 30.3 Å². The van der Waals surface area contributed by atoms with Gasteiger partial charge in [-0.3, -0.25) is 4.79 Å². The van der Waals surface area contributed by atoms with E-state index in [0.717, 1.165) is 6.42 Å². The number of anilines is 2. The maximum atomic E-state index is 13.2. The average molecular weight is 343 g/mol. The summed E-state index contributed by atoms with van der Waals surface area (Å²) in [4.78, 5) is 24.1. The Kier molecular flexibility index (Phi) is 6.51. The van der Waals surface area contributed by atoms with Gasteiger partial charge < -0.3 is 16.0 Å². The standard InChI is InChI=1S/C19H22FN3O2/c1-13(2)9-10-21-19(25)23-16-7-3-5-14(11-16)18(24)22-17-8-4-6-15(20)12-17/h3-8,11-13H,9-10H2,1-2H3,(H,22,24)(H2,21,23,25). The summed E-state index contributed by atoms with van der Waals surface area (Å²) in [5.41, 5.74) is 1.24. The maximum absolute atomic E-state index is 13.2. The van der Waals surface area contributed by atoms with Gasteiger partial charge >= 0.3 is 6.03 Å². The molecule has 25 heavy (non-hydrogen) atoms. The number of carbonyl (C=O) groups is 2. The number of amides is 3. The fourth-order valence-corrected chi connectivity index (χ4v) is 2.16. The SMILES string of the molecule is CC(C)CCNC(=O)Nc1cccc(C(=O)Nc2cccc(F)c2)c1. The molecule has 0 aliphatic rings. The van der Waals surface area contributed by atoms with E-state index in [9.17, 15) is 14.0 Å². The summed E-state index contributed by atoms with van der Waals surface area (Å²) in [6.45, 7) is 4.75. The second-order valence-electron chi connectivity index (χ2n) is 6.11. The minimum absolute atomic E-state index is 0.316. The highest BCUT2D eigenvalue weighted by Gasteiger charge is 2.09. The Morgan fingerprint density at radius 2 is 1.68 bits per heavy atom. The van der Waals surface area contributed by atoms with Crippen molar-refractivity contribution in [3.05, 3.63) is 59.9 Å². The quantitative estimate of drug-likeness (QED) is 0.734. The molecule has 0 aromatic heterocycles. The van der Waals surface area contributed by atoms with Gasteiger partial charge in [-0.2, -0.15) is 0 Å². The van der Waals surface area contributed by atoms with Gasteiger partial charge in [0.15, 0.2) is 0 Å². The lowest BCUT2D eigenvalue weighted by molar-refractivity contribution is 0.102. The zero-order valence-electron chi connectivity index (χ0n) is 14.3. The molecule has 0 spiro atoms. The van der Waals surface area contributed by atoms with Crippen LogP contribution in [0.25, 0.3) is 0 Å². The topological polar surface area (TPSA) is 70.2 Å². The average Bonchev–Trinajstić information content (AvgIpc) is 2.54. The molecule has 2 aromatic rings. The molecular weight excluding hydrogens is 321 g/mol. The normalized spacial score (nSPS) is 10.4. The fraction of sp³-hybridized carbons (Fsp3) is 0.263. The van der Waals surface area contributed by atoms with Crippen LogP contribution in [0.1, 0.15) is 30.6 Å². The molecule has 0 aliphatic heterocycles. The molecule has 0 heterocycles. The van der Waals surface area contributed by atoms with Crippen molar-refractivity contribution in [1.82, 2.24) is 5.32 Å². The zero-order chi connectivity index (χ0) is 18.2. The largest absolute Gasteiger partial charge is 0.338 e. The molecule has 2 rings (SSSR count). The van der Waals surface area contributed by atoms with E-state index in [-0.39, 0.29) is 11.9 Å². The third-order valence-electron chi connectivity index (χ3n) is 3.47. The Balaban J connectivity index is 1.95. The number of nitrogens with one attached hydrogen (secondary N) is 3. The van der Waals surface area contributed by atoms with Crippen LogP contribution in [0.15, 0.2) is 48.5 Å². The lowest BCUT2D eigenvalue weighted by Crippen LogP contribution is -2.30. The first-order valence-corrected chi connectivity index (χ1v) is 8.16. The van der Waals surface area contributed by atoms with Gasteiger partial charge in [-0.05, 0) is 48.7 Å². The second-order valence-corrected chi connectivity index (χ2v) is 6.11. The summed E-state index contributed by atoms with van der Waals surface area (Å²) in [6.07, 6.45) is 0.892. The molecule has 2 aromatic carbocycles. The number of urea groups is 1. The Hall–Kier alpha value is -2.89. The van der Waals surface area contributed by atoms with Gasteiger partial charge in [-0.25, -0.2) is 9.18 Å². The van der Waals surface area contributed by atoms with Gasteiger partial charge in [0.2, 0.25) is 0 Å². The first-order chi connectivity index (χ1) is 11.9. The summed E-state index contributed by atoms with van der Waals surface area (Å²) >= 11 is 0. The van der Waals surface area contributed by atoms with Gasteiger partial charge in [0.1, 0.15) is 5.82 Å². The fourth-order valence-electron chi connectivity index (χ4n) is 2.16. The molecule has 0 saturated carbocycles. The Bertz CT molecular complexity index is 747. The molecule has 6 heteroatoms. The van der Waals surface area contributed by atoms with Crippen LogP contribution >= 0.6 is 0 Å². The summed E-state index contributed by atoms with van der Waals surface area (Å²) < 4.78 is 13.2. The van der Waals surface area contributed by atoms with Crippen LogP contribution in [0.3, 0.4) is 0 Å². The van der Waals surface area contributed by atoms with Crippen LogP contribution in [0.5, 0.6) is 0 Å². The highest BCUT2D eigenvalue weighted by Crippen LogP contribution is 2.14. The van der Waals surface area contributed by atoms with Crippen LogP contribution in [0.2, 0.25) is 0 Å². The van der Waals surface area contributed by atoms with Crippen LogP contribution in [0.4, 0.5) is 20.6 Å². The van der Waals surface area contributed by atoms with Crippen LogP contribution in [0, 0.1) is 11.7 Å². The molecule has 0 atom stereocenters. The van der Waals surface area contributed by atoms with Crippen molar-refractivity contribution in [2.24, 2.45) is 5.92 Å². The monoisotopic (exact) mass is 343 g/mol. The summed E-state index contributed by atoms with van der Waals surface area (Å²) in [6, 6.07) is 11.9. The summed E-state index contributed by atoms with van der Waals surface area (Å²) in [7, 11) is 0. The minimum atomic E-state index is -0.425. The maximum Gasteiger partial charge on any atom is 0.319 e. The zero-order valence-corrected chi connectivity index (χ0v) is 14.3. The molecular formula is C19H22FN3O2. The minimum Gasteiger partial charge on any atom is -0.338 e. The van der Waals surface area contributed by atoms with Crippen LogP contribution < -0.4 is 16.0 Å². The molecule has 0 aliphatic carbocycles. The highest BCUT2D eigenvalue weighted by molar-refractivity contribution is 6.05. The Morgan fingerprint density at radius 3 is 2.36 bits per heavy atom. The van der Waals surface area contributed by atoms with Crippen molar-refractivity contribution in [3.63, 3.8) is 0 Å². The molecule has 0 radical (unpaired) electrons. The Morgan fingerprint density at radius 1 is 1.00 bits per heavy atom. The van der Waals surface area contributed by atoms with E-state index in [4.69, 9.17) is 0 Å². The highest BCUT2D eigenvalue weighted by atomic mass is 19.1. The van der Waals surface area contributed by atoms with Crippen molar-refractivity contribution < 1.29 is 14.0 Å². The van der Waals surface area contributed by atoms with Gasteiger partial charge in [-0.15, -0.1) is 0 Å². The van der Waals surface area contributed by atoms with E-state index in [2.05, 4.69) is 29.8 Å². The molecule has 5 nitrogen and oxygen atoms in total. The number of hydrogen-bond donors (Lipinski definition) is 3. The molecule has 3 N–H and O–H groups in total. The number of carbonyl (C=O) groups excluding carboxylic acids is 2. The first-order valence-electron chi connectivity index (χ1n) is 8.16. The van der Waals surface area contributed by atoms with Gasteiger partial charge in [0.25, 0.3) is 5.91 Å². The van der Waals surface area contributed by atoms with E-state index >= 15 is 0 Å². The predicted molar refractivity (Wildman–Crippen MR) is 97.3 cm³/mol. The van der Waals surface area contributed by atoms with Crippen molar-refractivity contribution in [3.8, 4) is 0 Å². The number of rotatable bonds is 6. The van der Waals surface area contributed by atoms with E-state index in [1.807, 2.05) is 0 Å². The molecule has 0 unspecified atom stereocenters. The van der Waals surface area contributed by atoms with E-state index in [0.29, 0.717) is 29.4 Å². The predicted octanol–water partition coefficient (Wildman–Crippen LogP) is 4.25. The molecule has 0 bridgehead atoms. The molecule has 0 saturated heterocycles. The van der Waals surface area contributed by atoms with E-state index in [1.165, 1.54) is 18.2 Å². The van der Waals surface area contributed by atoms with Crippen molar-refractivity contribution in [2.45, 2.75) is 20.3 Å². The summed E-state index contributed by atoms with van der Waals surface area (Å²) in [5, 5.41) is 8.08. The van der Waals surface area contributed by atoms with Gasteiger partial charge in [0, 0.05) is 23.5 Å². The Labute approximate surface area is 146 Å². The number of benzene rings is 2. The third-order valence-corrected chi connectivity index (χ3v) is 3.47. The van der Waals surface area contributed by atoms with Crippen molar-refractivity contribution >= 4 is 23.3 Å². The van der Waals surface area contributed by atoms with Crippen LogP contribution in [-0.4, -0.2) is 18.5 Å². The third kappa shape index (κ3) is 6.25. The van der Waals surface area contributed by atoms with Gasteiger partial charge in [-0.1, -0.05) is 26.0 Å². The van der Waals surface area contributed by atoms with Gasteiger partial charge in [0.05, 0.1) is 0 Å². The lowest BCUT2D eigenvalue weighted by atomic mass is 10.1. The van der Waals surface area contributed by atoms with Crippen molar-refractivity contribution in [2.75, 3.05) is 17.2 Å². The second kappa shape index (κ2) is 8.82. The molecule has 3 amide bonds. The first kappa shape index (κ1) is 18.4. The van der Waals surface area contributed by atoms with Crippen molar-refractivity contribution in [1.29, 1.82) is 0 Å². The number of hydrogen-bond acceptors (Lipinski definition) is 2. The number of halogens is 1. The van der Waals surface area contributed by atoms with E-state index < -0.39 is 5.82 Å². The molecule has 0 fully saturated rings. The lowest BCUT2D eigenvalue weighted by Gasteiger charge is -2.10.